The van der Waals surface area contributed by atoms with E-state index in [2.05, 4.69) is 25.5 Å². The number of benzene rings is 1. The van der Waals surface area contributed by atoms with E-state index in [0.717, 1.165) is 0 Å². The number of aromatic nitrogens is 4. The lowest BCUT2D eigenvalue weighted by Crippen LogP contribution is -2.13. The van der Waals surface area contributed by atoms with Crippen molar-refractivity contribution in [3.8, 4) is 22.9 Å². The van der Waals surface area contributed by atoms with Crippen molar-refractivity contribution < 1.29 is 14.3 Å². The molecule has 0 aliphatic carbocycles. The molecular formula is C16H13Cl2N5O3. The number of aromatic amines is 1. The molecule has 1 amide bonds. The fourth-order valence-corrected chi connectivity index (χ4v) is 2.42. The van der Waals surface area contributed by atoms with E-state index in [0.29, 0.717) is 22.9 Å². The highest BCUT2D eigenvalue weighted by atomic mass is 35.5. The molecule has 1 aromatic carbocycles. The second-order valence-corrected chi connectivity index (χ2v) is 5.79. The van der Waals surface area contributed by atoms with Gasteiger partial charge in [0.05, 0.1) is 30.4 Å². The number of carbonyl (C=O) groups is 1. The van der Waals surface area contributed by atoms with Crippen LogP contribution in [0.2, 0.25) is 10.2 Å². The van der Waals surface area contributed by atoms with Crippen molar-refractivity contribution in [1.82, 2.24) is 20.2 Å². The molecule has 0 saturated heterocycles. The molecule has 3 aromatic rings. The number of nitrogens with zero attached hydrogens (tertiary/aromatic N) is 3. The van der Waals surface area contributed by atoms with E-state index in [1.807, 2.05) is 0 Å². The van der Waals surface area contributed by atoms with Crippen LogP contribution in [-0.4, -0.2) is 40.3 Å². The molecule has 0 saturated carbocycles. The van der Waals surface area contributed by atoms with Crippen molar-refractivity contribution in [3.05, 3.63) is 46.2 Å². The van der Waals surface area contributed by atoms with Crippen molar-refractivity contribution in [2.24, 2.45) is 0 Å². The third-order valence-corrected chi connectivity index (χ3v) is 4.12. The first-order chi connectivity index (χ1) is 12.5. The molecule has 2 heterocycles. The second kappa shape index (κ2) is 7.59. The number of pyridine rings is 1. The van der Waals surface area contributed by atoms with E-state index < -0.39 is 5.91 Å². The molecule has 0 fully saturated rings. The van der Waals surface area contributed by atoms with Crippen molar-refractivity contribution in [2.45, 2.75) is 0 Å². The zero-order chi connectivity index (χ0) is 18.7. The molecule has 134 valence electrons. The van der Waals surface area contributed by atoms with E-state index in [4.69, 9.17) is 32.7 Å². The summed E-state index contributed by atoms with van der Waals surface area (Å²) in [5.41, 5.74) is 0.894. The standard InChI is InChI=1S/C16H13Cl2N5O3/c1-25-9-3-4-10(12(6-9)26-2)14-20-16(23-22-14)21-15(24)8-5-11(17)13(18)19-7-8/h3-7H,1-2H3,(H2,20,21,22,23,24). The van der Waals surface area contributed by atoms with Crippen LogP contribution >= 0.6 is 23.2 Å². The maximum atomic E-state index is 12.2. The SMILES string of the molecule is COc1ccc(-c2nc(NC(=O)c3cnc(Cl)c(Cl)c3)n[nH]2)c(OC)c1. The number of hydrogen-bond acceptors (Lipinski definition) is 6. The van der Waals surface area contributed by atoms with Gasteiger partial charge in [-0.2, -0.15) is 4.98 Å². The highest BCUT2D eigenvalue weighted by molar-refractivity contribution is 6.41. The van der Waals surface area contributed by atoms with Gasteiger partial charge >= 0.3 is 0 Å². The zero-order valence-corrected chi connectivity index (χ0v) is 15.2. The molecular weight excluding hydrogens is 381 g/mol. The van der Waals surface area contributed by atoms with Crippen LogP contribution in [0, 0.1) is 0 Å². The Morgan fingerprint density at radius 1 is 1.19 bits per heavy atom. The quantitative estimate of drug-likeness (QED) is 0.643. The average Bonchev–Trinajstić information content (AvgIpc) is 3.11. The summed E-state index contributed by atoms with van der Waals surface area (Å²) in [6.45, 7) is 0. The van der Waals surface area contributed by atoms with Gasteiger partial charge in [0.15, 0.2) is 5.82 Å². The van der Waals surface area contributed by atoms with Gasteiger partial charge in [-0.1, -0.05) is 23.2 Å². The van der Waals surface area contributed by atoms with Gasteiger partial charge in [-0.3, -0.25) is 15.2 Å². The fraction of sp³-hybridized carbons (Fsp3) is 0.125. The molecule has 0 aliphatic rings. The molecule has 26 heavy (non-hydrogen) atoms. The normalized spacial score (nSPS) is 10.5. The lowest BCUT2D eigenvalue weighted by molar-refractivity contribution is 0.102. The van der Waals surface area contributed by atoms with Gasteiger partial charge in [-0.25, -0.2) is 4.98 Å². The molecule has 3 rings (SSSR count). The van der Waals surface area contributed by atoms with Crippen LogP contribution in [0.25, 0.3) is 11.4 Å². The van der Waals surface area contributed by atoms with E-state index in [-0.39, 0.29) is 21.7 Å². The van der Waals surface area contributed by atoms with Gasteiger partial charge in [0.25, 0.3) is 5.91 Å². The monoisotopic (exact) mass is 393 g/mol. The average molecular weight is 394 g/mol. The first-order valence-electron chi connectivity index (χ1n) is 7.29. The lowest BCUT2D eigenvalue weighted by Gasteiger charge is -2.07. The Morgan fingerprint density at radius 2 is 2.00 bits per heavy atom. The largest absolute Gasteiger partial charge is 0.497 e. The summed E-state index contributed by atoms with van der Waals surface area (Å²) in [4.78, 5) is 20.3. The van der Waals surface area contributed by atoms with Crippen molar-refractivity contribution in [2.75, 3.05) is 19.5 Å². The third-order valence-electron chi connectivity index (χ3n) is 3.43. The molecule has 8 nitrogen and oxygen atoms in total. The minimum Gasteiger partial charge on any atom is -0.497 e. The number of halogens is 2. The Balaban J connectivity index is 1.82. The van der Waals surface area contributed by atoms with Crippen molar-refractivity contribution >= 4 is 35.1 Å². The van der Waals surface area contributed by atoms with Crippen LogP contribution in [0.5, 0.6) is 11.5 Å². The maximum Gasteiger partial charge on any atom is 0.259 e. The molecule has 0 aliphatic heterocycles. The van der Waals surface area contributed by atoms with Crippen LogP contribution in [0.15, 0.2) is 30.5 Å². The van der Waals surface area contributed by atoms with Gasteiger partial charge in [0.2, 0.25) is 5.95 Å². The van der Waals surface area contributed by atoms with Crippen molar-refractivity contribution in [1.29, 1.82) is 0 Å². The van der Waals surface area contributed by atoms with Gasteiger partial charge in [0, 0.05) is 12.3 Å². The van der Waals surface area contributed by atoms with E-state index in [1.54, 1.807) is 25.3 Å². The minimum absolute atomic E-state index is 0.0916. The number of ether oxygens (including phenoxy) is 2. The van der Waals surface area contributed by atoms with E-state index in [1.165, 1.54) is 19.4 Å². The number of anilines is 1. The van der Waals surface area contributed by atoms with Gasteiger partial charge in [-0.05, 0) is 18.2 Å². The van der Waals surface area contributed by atoms with Crippen LogP contribution in [-0.2, 0) is 0 Å². The van der Waals surface area contributed by atoms with Gasteiger partial charge < -0.3 is 9.47 Å². The summed E-state index contributed by atoms with van der Waals surface area (Å²) in [5.74, 6) is 1.24. The zero-order valence-electron chi connectivity index (χ0n) is 13.7. The Kier molecular flexibility index (Phi) is 5.24. The highest BCUT2D eigenvalue weighted by Crippen LogP contribution is 2.31. The van der Waals surface area contributed by atoms with Gasteiger partial charge in [0.1, 0.15) is 16.7 Å². The predicted molar refractivity (Wildman–Crippen MR) is 97.1 cm³/mol. The Hall–Kier alpha value is -2.84. The summed E-state index contributed by atoms with van der Waals surface area (Å²) in [6.07, 6.45) is 1.31. The first-order valence-corrected chi connectivity index (χ1v) is 8.04. The summed E-state index contributed by atoms with van der Waals surface area (Å²) < 4.78 is 10.5. The molecule has 0 atom stereocenters. The highest BCUT2D eigenvalue weighted by Gasteiger charge is 2.15. The summed E-state index contributed by atoms with van der Waals surface area (Å²) >= 11 is 11.6. The van der Waals surface area contributed by atoms with Crippen LogP contribution < -0.4 is 14.8 Å². The Morgan fingerprint density at radius 3 is 2.69 bits per heavy atom. The number of nitrogens with one attached hydrogen (secondary N) is 2. The molecule has 10 heteroatoms. The number of amides is 1. The number of carbonyl (C=O) groups excluding carboxylic acids is 1. The smallest absolute Gasteiger partial charge is 0.259 e. The Bertz CT molecular complexity index is 961. The van der Waals surface area contributed by atoms with E-state index in [9.17, 15) is 4.79 Å². The molecule has 0 spiro atoms. The van der Waals surface area contributed by atoms with E-state index >= 15 is 0 Å². The third kappa shape index (κ3) is 3.71. The summed E-state index contributed by atoms with van der Waals surface area (Å²) in [6, 6.07) is 6.66. The summed E-state index contributed by atoms with van der Waals surface area (Å²) in [7, 11) is 3.10. The molecule has 2 N–H and O–H groups in total. The molecule has 0 bridgehead atoms. The molecule has 2 aromatic heterocycles. The molecule has 0 unspecified atom stereocenters. The lowest BCUT2D eigenvalue weighted by atomic mass is 10.2. The summed E-state index contributed by atoms with van der Waals surface area (Å²) in [5, 5.41) is 9.59. The number of rotatable bonds is 5. The maximum absolute atomic E-state index is 12.2. The van der Waals surface area contributed by atoms with Crippen molar-refractivity contribution in [3.63, 3.8) is 0 Å². The number of hydrogen-bond donors (Lipinski definition) is 2. The first kappa shape index (κ1) is 18.0. The van der Waals surface area contributed by atoms with Gasteiger partial charge in [-0.15, -0.1) is 5.10 Å². The van der Waals surface area contributed by atoms with Crippen LogP contribution in [0.1, 0.15) is 10.4 Å². The number of methoxy groups -OCH3 is 2. The fourth-order valence-electron chi connectivity index (χ4n) is 2.15. The number of H-pyrrole nitrogens is 1. The van der Waals surface area contributed by atoms with Crippen LogP contribution in [0.3, 0.4) is 0 Å². The van der Waals surface area contributed by atoms with Crippen LogP contribution in [0.4, 0.5) is 5.95 Å². The topological polar surface area (TPSA) is 102 Å². The Labute approximate surface area is 158 Å². The second-order valence-electron chi connectivity index (χ2n) is 5.02. The predicted octanol–water partition coefficient (Wildman–Crippen LogP) is 3.44. The molecule has 0 radical (unpaired) electrons. The minimum atomic E-state index is -0.469.